The molecule has 1 aromatic carbocycles. The summed E-state index contributed by atoms with van der Waals surface area (Å²) in [6, 6.07) is 14.8. The van der Waals surface area contributed by atoms with Gasteiger partial charge in [0.1, 0.15) is 6.04 Å². The maximum absolute atomic E-state index is 12.9. The van der Waals surface area contributed by atoms with Gasteiger partial charge < -0.3 is 9.88 Å². The maximum Gasteiger partial charge on any atom is 0.243 e. The summed E-state index contributed by atoms with van der Waals surface area (Å²) in [5, 5.41) is 3.31. The van der Waals surface area contributed by atoms with E-state index in [1.807, 2.05) is 29.1 Å². The third-order valence-electron chi connectivity index (χ3n) is 5.17. The molecule has 1 aromatic heterocycles. The Bertz CT molecular complexity index is 658. The van der Waals surface area contributed by atoms with Gasteiger partial charge in [-0.25, -0.2) is 0 Å². The lowest BCUT2D eigenvalue weighted by Crippen LogP contribution is -2.46. The number of amides is 1. The molecule has 1 N–H and O–H groups in total. The monoisotopic (exact) mass is 353 g/mol. The zero-order valence-corrected chi connectivity index (χ0v) is 16.0. The smallest absolute Gasteiger partial charge is 0.243 e. The Kier molecular flexibility index (Phi) is 6.51. The van der Waals surface area contributed by atoms with E-state index in [0.29, 0.717) is 12.0 Å². The van der Waals surface area contributed by atoms with E-state index in [-0.39, 0.29) is 11.9 Å². The fourth-order valence-electron chi connectivity index (χ4n) is 3.74. The van der Waals surface area contributed by atoms with Gasteiger partial charge >= 0.3 is 0 Å². The molecule has 1 amide bonds. The van der Waals surface area contributed by atoms with Crippen LogP contribution in [0.15, 0.2) is 54.9 Å². The van der Waals surface area contributed by atoms with Crippen molar-refractivity contribution >= 4 is 5.91 Å². The summed E-state index contributed by atoms with van der Waals surface area (Å²) in [5.41, 5.74) is 1.36. The largest absolute Gasteiger partial charge is 0.351 e. The Labute approximate surface area is 157 Å². The molecule has 1 aliphatic heterocycles. The number of nitrogens with one attached hydrogen (secondary N) is 1. The van der Waals surface area contributed by atoms with Crippen LogP contribution in [0.2, 0.25) is 0 Å². The molecule has 4 heteroatoms. The molecule has 140 valence electrons. The number of likely N-dealkylation sites (tertiary alicyclic amines) is 1. The Hall–Kier alpha value is -2.07. The maximum atomic E-state index is 12.9. The summed E-state index contributed by atoms with van der Waals surface area (Å²) < 4.78 is 2.04. The van der Waals surface area contributed by atoms with Crippen molar-refractivity contribution in [3.8, 4) is 0 Å². The highest BCUT2D eigenvalue weighted by atomic mass is 16.2. The topological polar surface area (TPSA) is 37.3 Å². The fourth-order valence-corrected chi connectivity index (χ4v) is 3.74. The van der Waals surface area contributed by atoms with Crippen LogP contribution >= 0.6 is 0 Å². The number of hydrogen-bond donors (Lipinski definition) is 1. The fraction of sp³-hybridized carbons (Fsp3) is 0.500. The minimum absolute atomic E-state index is 0.104. The number of hydrogen-bond acceptors (Lipinski definition) is 2. The van der Waals surface area contributed by atoms with Crippen LogP contribution in [-0.2, 0) is 11.3 Å². The summed E-state index contributed by atoms with van der Waals surface area (Å²) in [7, 11) is 0. The highest BCUT2D eigenvalue weighted by molar-refractivity contribution is 5.80. The number of benzene rings is 1. The summed E-state index contributed by atoms with van der Waals surface area (Å²) >= 11 is 0. The van der Waals surface area contributed by atoms with Crippen molar-refractivity contribution in [2.45, 2.75) is 51.7 Å². The summed E-state index contributed by atoms with van der Waals surface area (Å²) in [6.07, 6.45) is 6.91. The lowest BCUT2D eigenvalue weighted by molar-refractivity contribution is -0.125. The Morgan fingerprint density at radius 1 is 1.08 bits per heavy atom. The van der Waals surface area contributed by atoms with E-state index in [1.165, 1.54) is 5.56 Å². The van der Waals surface area contributed by atoms with Gasteiger partial charge in [-0.05, 0) is 42.9 Å². The van der Waals surface area contributed by atoms with E-state index in [1.54, 1.807) is 0 Å². The lowest BCUT2D eigenvalue weighted by Gasteiger charge is -2.33. The first-order valence-corrected chi connectivity index (χ1v) is 9.81. The van der Waals surface area contributed by atoms with Gasteiger partial charge in [-0.15, -0.1) is 0 Å². The Balaban J connectivity index is 1.50. The highest BCUT2D eigenvalue weighted by Crippen LogP contribution is 2.20. The number of nitrogens with zero attached hydrogens (tertiary/aromatic N) is 2. The molecule has 2 heterocycles. The number of rotatable bonds is 7. The second kappa shape index (κ2) is 9.04. The van der Waals surface area contributed by atoms with Gasteiger partial charge in [0.15, 0.2) is 0 Å². The molecule has 1 unspecified atom stereocenters. The van der Waals surface area contributed by atoms with Crippen LogP contribution in [0.5, 0.6) is 0 Å². The molecule has 0 radical (unpaired) electrons. The van der Waals surface area contributed by atoms with Gasteiger partial charge in [0.25, 0.3) is 0 Å². The third kappa shape index (κ3) is 5.21. The molecule has 1 atom stereocenters. The van der Waals surface area contributed by atoms with E-state index in [2.05, 4.69) is 54.4 Å². The standard InChI is InChI=1S/C22H31N3O/c1-18(2)16-21(25-12-6-7-13-25)22(26)23-20-10-14-24(15-11-20)17-19-8-4-3-5-9-19/h3-9,12-13,18,20-21H,10-11,14-17H2,1-2H3,(H,23,26). The molecule has 4 nitrogen and oxygen atoms in total. The van der Waals surface area contributed by atoms with Crippen molar-refractivity contribution in [1.82, 2.24) is 14.8 Å². The van der Waals surface area contributed by atoms with E-state index < -0.39 is 0 Å². The van der Waals surface area contributed by atoms with Crippen LogP contribution in [0.1, 0.15) is 44.7 Å². The van der Waals surface area contributed by atoms with Crippen LogP contribution in [0.3, 0.4) is 0 Å². The summed E-state index contributed by atoms with van der Waals surface area (Å²) in [4.78, 5) is 15.4. The van der Waals surface area contributed by atoms with Crippen LogP contribution < -0.4 is 5.32 Å². The lowest BCUT2D eigenvalue weighted by atomic mass is 10.0. The highest BCUT2D eigenvalue weighted by Gasteiger charge is 2.26. The average Bonchev–Trinajstić information content (AvgIpc) is 3.16. The first kappa shape index (κ1) is 18.7. The minimum atomic E-state index is -0.104. The molecule has 26 heavy (non-hydrogen) atoms. The van der Waals surface area contributed by atoms with Crippen molar-refractivity contribution in [3.05, 3.63) is 60.4 Å². The van der Waals surface area contributed by atoms with Crippen molar-refractivity contribution in [2.75, 3.05) is 13.1 Å². The average molecular weight is 354 g/mol. The predicted octanol–water partition coefficient (Wildman–Crippen LogP) is 3.86. The number of carbonyl (C=O) groups is 1. The molecule has 0 saturated carbocycles. The first-order valence-electron chi connectivity index (χ1n) is 9.81. The number of carbonyl (C=O) groups excluding carboxylic acids is 1. The van der Waals surface area contributed by atoms with Gasteiger partial charge in [0.2, 0.25) is 5.91 Å². The molecular formula is C22H31N3O. The van der Waals surface area contributed by atoms with Crippen LogP contribution in [0, 0.1) is 5.92 Å². The normalized spacial score (nSPS) is 17.3. The first-order chi connectivity index (χ1) is 12.6. The molecular weight excluding hydrogens is 322 g/mol. The SMILES string of the molecule is CC(C)CC(C(=O)NC1CCN(Cc2ccccc2)CC1)n1cccc1. The van der Waals surface area contributed by atoms with Gasteiger partial charge in [0, 0.05) is 38.1 Å². The summed E-state index contributed by atoms with van der Waals surface area (Å²) in [5.74, 6) is 0.650. The second-order valence-corrected chi connectivity index (χ2v) is 7.82. The molecule has 2 aromatic rings. The van der Waals surface area contributed by atoms with Gasteiger partial charge in [-0.1, -0.05) is 44.2 Å². The van der Waals surface area contributed by atoms with Crippen molar-refractivity contribution in [3.63, 3.8) is 0 Å². The molecule has 3 rings (SSSR count). The quantitative estimate of drug-likeness (QED) is 0.821. The van der Waals surface area contributed by atoms with Crippen molar-refractivity contribution in [1.29, 1.82) is 0 Å². The molecule has 1 saturated heterocycles. The second-order valence-electron chi connectivity index (χ2n) is 7.82. The predicted molar refractivity (Wildman–Crippen MR) is 106 cm³/mol. The molecule has 0 bridgehead atoms. The van der Waals surface area contributed by atoms with E-state index in [4.69, 9.17) is 0 Å². The molecule has 0 aliphatic carbocycles. The molecule has 1 aliphatic rings. The molecule has 0 spiro atoms. The van der Waals surface area contributed by atoms with E-state index in [0.717, 1.165) is 38.9 Å². The molecule has 1 fully saturated rings. The van der Waals surface area contributed by atoms with E-state index >= 15 is 0 Å². The zero-order valence-electron chi connectivity index (χ0n) is 16.0. The van der Waals surface area contributed by atoms with Gasteiger partial charge in [-0.2, -0.15) is 0 Å². The van der Waals surface area contributed by atoms with Crippen LogP contribution in [0.25, 0.3) is 0 Å². The zero-order chi connectivity index (χ0) is 18.4. The van der Waals surface area contributed by atoms with Crippen molar-refractivity contribution in [2.24, 2.45) is 5.92 Å². The summed E-state index contributed by atoms with van der Waals surface area (Å²) in [6.45, 7) is 7.43. The number of aromatic nitrogens is 1. The van der Waals surface area contributed by atoms with E-state index in [9.17, 15) is 4.79 Å². The number of piperidine rings is 1. The Morgan fingerprint density at radius 3 is 2.35 bits per heavy atom. The Morgan fingerprint density at radius 2 is 1.73 bits per heavy atom. The van der Waals surface area contributed by atoms with Gasteiger partial charge in [-0.3, -0.25) is 9.69 Å². The third-order valence-corrected chi connectivity index (χ3v) is 5.17. The van der Waals surface area contributed by atoms with Crippen molar-refractivity contribution < 1.29 is 4.79 Å². The van der Waals surface area contributed by atoms with Crippen LogP contribution in [-0.4, -0.2) is 34.5 Å². The van der Waals surface area contributed by atoms with Crippen LogP contribution in [0.4, 0.5) is 0 Å². The van der Waals surface area contributed by atoms with Gasteiger partial charge in [0.05, 0.1) is 0 Å². The minimum Gasteiger partial charge on any atom is -0.351 e.